The second-order valence-corrected chi connectivity index (χ2v) is 2.02. The molecule has 0 bridgehead atoms. The fourth-order valence-corrected chi connectivity index (χ4v) is 0.703. The predicted molar refractivity (Wildman–Crippen MR) is 39.3 cm³/mol. The summed E-state index contributed by atoms with van der Waals surface area (Å²) in [5.74, 6) is -0.283. The highest BCUT2D eigenvalue weighted by atomic mass is 18.2. The van der Waals surface area contributed by atoms with Crippen LogP contribution in [0.15, 0.2) is 29.4 Å². The van der Waals surface area contributed by atoms with Crippen molar-refractivity contribution in [2.45, 2.75) is 6.54 Å². The van der Waals surface area contributed by atoms with Crippen molar-refractivity contribution >= 4 is 0 Å². The minimum atomic E-state index is -0.283. The maximum Gasteiger partial charge on any atom is 0.123 e. The minimum absolute atomic E-state index is 0.275. The van der Waals surface area contributed by atoms with Crippen LogP contribution in [0.1, 0.15) is 5.56 Å². The average Bonchev–Trinajstić information content (AvgIpc) is 2.04. The first-order chi connectivity index (χ1) is 5.33. The number of rotatable bonds is 2. The van der Waals surface area contributed by atoms with Crippen LogP contribution in [-0.2, 0) is 6.54 Å². The van der Waals surface area contributed by atoms with Crippen LogP contribution in [0.5, 0.6) is 0 Å². The SMILES string of the molecule is [N-]=[N+]=NCc1ccc([18F])cc1. The normalized spacial score (nSPS) is 8.82. The van der Waals surface area contributed by atoms with E-state index in [0.717, 1.165) is 5.56 Å². The van der Waals surface area contributed by atoms with Gasteiger partial charge in [-0.15, -0.1) is 0 Å². The zero-order valence-electron chi connectivity index (χ0n) is 5.74. The summed E-state index contributed by atoms with van der Waals surface area (Å²) in [6, 6.07) is 5.85. The monoisotopic (exact) mass is 150 g/mol. The van der Waals surface area contributed by atoms with E-state index in [2.05, 4.69) is 10.0 Å². The van der Waals surface area contributed by atoms with Gasteiger partial charge in [-0.3, -0.25) is 0 Å². The third kappa shape index (κ3) is 2.27. The quantitative estimate of drug-likeness (QED) is 0.353. The number of hydrogen-bond acceptors (Lipinski definition) is 1. The fourth-order valence-electron chi connectivity index (χ4n) is 0.703. The Morgan fingerprint density at radius 2 is 2.00 bits per heavy atom. The third-order valence-corrected chi connectivity index (χ3v) is 1.23. The van der Waals surface area contributed by atoms with Crippen LogP contribution in [-0.4, -0.2) is 0 Å². The largest absolute Gasteiger partial charge is 0.207 e. The molecule has 0 radical (unpaired) electrons. The molecular weight excluding hydrogens is 144 g/mol. The molecule has 0 amide bonds. The maximum atomic E-state index is 12.3. The Bertz CT molecular complexity index is 274. The van der Waals surface area contributed by atoms with Gasteiger partial charge in [0.1, 0.15) is 5.82 Å². The molecule has 0 aliphatic carbocycles. The van der Waals surface area contributed by atoms with Gasteiger partial charge in [0.2, 0.25) is 0 Å². The molecule has 11 heavy (non-hydrogen) atoms. The molecule has 1 aromatic rings. The number of hydrogen-bond donors (Lipinski definition) is 0. The molecule has 1 aromatic carbocycles. The van der Waals surface area contributed by atoms with E-state index in [1.807, 2.05) is 0 Å². The van der Waals surface area contributed by atoms with Gasteiger partial charge in [0, 0.05) is 4.91 Å². The molecule has 0 fully saturated rings. The van der Waals surface area contributed by atoms with Crippen molar-refractivity contribution in [2.24, 2.45) is 5.11 Å². The predicted octanol–water partition coefficient (Wildman–Crippen LogP) is 2.64. The molecule has 4 heteroatoms. The van der Waals surface area contributed by atoms with Gasteiger partial charge in [-0.05, 0) is 23.2 Å². The van der Waals surface area contributed by atoms with Crippen molar-refractivity contribution < 1.29 is 4.39 Å². The number of halogens is 1. The lowest BCUT2D eigenvalue weighted by Crippen LogP contribution is -1.79. The summed E-state index contributed by atoms with van der Waals surface area (Å²) in [5.41, 5.74) is 8.78. The summed E-state index contributed by atoms with van der Waals surface area (Å²) in [6.07, 6.45) is 0. The molecule has 0 aliphatic rings. The molecule has 1 rings (SSSR count). The Hall–Kier alpha value is -1.54. The Kier molecular flexibility index (Phi) is 2.47. The lowest BCUT2D eigenvalue weighted by Gasteiger charge is -1.92. The molecule has 3 nitrogen and oxygen atoms in total. The molecule has 0 saturated heterocycles. The molecule has 0 saturated carbocycles. The average molecular weight is 150 g/mol. The fraction of sp³-hybridized carbons (Fsp3) is 0.143. The van der Waals surface area contributed by atoms with E-state index in [1.165, 1.54) is 12.1 Å². The Labute approximate surface area is 63.1 Å². The summed E-state index contributed by atoms with van der Waals surface area (Å²) in [6.45, 7) is 0.275. The molecule has 0 aliphatic heterocycles. The van der Waals surface area contributed by atoms with Crippen molar-refractivity contribution in [2.75, 3.05) is 0 Å². The second kappa shape index (κ2) is 3.58. The van der Waals surface area contributed by atoms with Gasteiger partial charge in [0.05, 0.1) is 6.54 Å². The summed E-state index contributed by atoms with van der Waals surface area (Å²) in [5, 5.41) is 3.33. The molecule has 56 valence electrons. The second-order valence-electron chi connectivity index (χ2n) is 2.02. The maximum absolute atomic E-state index is 12.3. The van der Waals surface area contributed by atoms with Crippen LogP contribution < -0.4 is 0 Å². The van der Waals surface area contributed by atoms with Crippen LogP contribution >= 0.6 is 0 Å². The van der Waals surface area contributed by atoms with Crippen molar-refractivity contribution in [3.8, 4) is 0 Å². The van der Waals surface area contributed by atoms with Crippen molar-refractivity contribution in [3.63, 3.8) is 0 Å². The van der Waals surface area contributed by atoms with E-state index in [-0.39, 0.29) is 12.4 Å². The minimum Gasteiger partial charge on any atom is -0.207 e. The van der Waals surface area contributed by atoms with E-state index >= 15 is 0 Å². The number of azide groups is 1. The van der Waals surface area contributed by atoms with Gasteiger partial charge in [-0.25, -0.2) is 4.39 Å². The van der Waals surface area contributed by atoms with Crippen molar-refractivity contribution in [1.29, 1.82) is 0 Å². The highest BCUT2D eigenvalue weighted by Crippen LogP contribution is 2.03. The van der Waals surface area contributed by atoms with Crippen LogP contribution in [0.2, 0.25) is 0 Å². The van der Waals surface area contributed by atoms with Crippen LogP contribution in [0.4, 0.5) is 4.39 Å². The number of nitrogens with zero attached hydrogens (tertiary/aromatic N) is 3. The zero-order valence-corrected chi connectivity index (χ0v) is 5.74. The van der Waals surface area contributed by atoms with Crippen molar-refractivity contribution in [3.05, 3.63) is 46.1 Å². The molecule has 0 heterocycles. The van der Waals surface area contributed by atoms with E-state index in [4.69, 9.17) is 5.53 Å². The lowest BCUT2D eigenvalue weighted by molar-refractivity contribution is 0.627. The van der Waals surface area contributed by atoms with Crippen LogP contribution in [0.3, 0.4) is 0 Å². The molecule has 0 unspecified atom stereocenters. The molecule has 0 N–H and O–H groups in total. The highest BCUT2D eigenvalue weighted by molar-refractivity contribution is 5.15. The Morgan fingerprint density at radius 1 is 1.36 bits per heavy atom. The topological polar surface area (TPSA) is 48.8 Å². The lowest BCUT2D eigenvalue weighted by atomic mass is 10.2. The van der Waals surface area contributed by atoms with Gasteiger partial charge in [0.25, 0.3) is 0 Å². The van der Waals surface area contributed by atoms with Crippen LogP contribution in [0.25, 0.3) is 10.4 Å². The highest BCUT2D eigenvalue weighted by Gasteiger charge is 1.89. The van der Waals surface area contributed by atoms with Gasteiger partial charge in [-0.1, -0.05) is 17.2 Å². The smallest absolute Gasteiger partial charge is 0.123 e. The zero-order chi connectivity index (χ0) is 8.10. The van der Waals surface area contributed by atoms with E-state index in [9.17, 15) is 4.39 Å². The first-order valence-corrected chi connectivity index (χ1v) is 3.08. The number of benzene rings is 1. The van der Waals surface area contributed by atoms with E-state index < -0.39 is 0 Å². The molecular formula is C7H6FN3. The first-order valence-electron chi connectivity index (χ1n) is 3.08. The molecule has 0 spiro atoms. The summed E-state index contributed by atoms with van der Waals surface area (Å²) in [7, 11) is 0. The van der Waals surface area contributed by atoms with Gasteiger partial charge < -0.3 is 0 Å². The van der Waals surface area contributed by atoms with Gasteiger partial charge >= 0.3 is 0 Å². The standard InChI is InChI=1S/C7H6FN3/c8-7-3-1-6(2-4-7)5-10-11-9/h1-4H,5H2/i8-1. The summed E-state index contributed by atoms with van der Waals surface area (Å²) in [4.78, 5) is 2.58. The Morgan fingerprint density at radius 3 is 2.55 bits per heavy atom. The van der Waals surface area contributed by atoms with Gasteiger partial charge in [-0.2, -0.15) is 0 Å². The molecule has 0 aromatic heterocycles. The first kappa shape index (κ1) is 7.57. The summed E-state index contributed by atoms with van der Waals surface area (Å²) < 4.78 is 12.3. The summed E-state index contributed by atoms with van der Waals surface area (Å²) >= 11 is 0. The van der Waals surface area contributed by atoms with Crippen LogP contribution in [0, 0.1) is 5.82 Å². The van der Waals surface area contributed by atoms with Gasteiger partial charge in [0.15, 0.2) is 0 Å². The Balaban J connectivity index is 2.73. The van der Waals surface area contributed by atoms with Crippen molar-refractivity contribution in [1.82, 2.24) is 0 Å². The van der Waals surface area contributed by atoms with E-state index in [1.54, 1.807) is 12.1 Å². The molecule has 0 atom stereocenters. The van der Waals surface area contributed by atoms with E-state index in [0.29, 0.717) is 0 Å². The third-order valence-electron chi connectivity index (χ3n) is 1.23.